The van der Waals surface area contributed by atoms with E-state index >= 15 is 0 Å². The van der Waals surface area contributed by atoms with Crippen molar-refractivity contribution in [1.82, 2.24) is 5.32 Å². The predicted molar refractivity (Wildman–Crippen MR) is 106 cm³/mol. The minimum absolute atomic E-state index is 0.0000769. The first-order chi connectivity index (χ1) is 12.1. The van der Waals surface area contributed by atoms with Gasteiger partial charge in [0.2, 0.25) is 5.91 Å². The Morgan fingerprint density at radius 3 is 2.64 bits per heavy atom. The quantitative estimate of drug-likeness (QED) is 0.562. The van der Waals surface area contributed by atoms with E-state index in [4.69, 9.17) is 4.74 Å². The van der Waals surface area contributed by atoms with Gasteiger partial charge < -0.3 is 10.1 Å². The van der Waals surface area contributed by atoms with Crippen LogP contribution in [0.2, 0.25) is 0 Å². The van der Waals surface area contributed by atoms with Crippen LogP contribution >= 0.6 is 0 Å². The van der Waals surface area contributed by atoms with Crippen molar-refractivity contribution in [3.05, 3.63) is 66.3 Å². The molecule has 0 aliphatic heterocycles. The van der Waals surface area contributed by atoms with E-state index in [-0.39, 0.29) is 5.91 Å². The van der Waals surface area contributed by atoms with Crippen LogP contribution in [0.15, 0.2) is 60.7 Å². The molecule has 0 aliphatic carbocycles. The van der Waals surface area contributed by atoms with Crippen molar-refractivity contribution in [3.63, 3.8) is 0 Å². The van der Waals surface area contributed by atoms with Crippen molar-refractivity contribution >= 4 is 5.91 Å². The van der Waals surface area contributed by atoms with Crippen LogP contribution in [0.4, 0.5) is 0 Å². The van der Waals surface area contributed by atoms with E-state index in [1.54, 1.807) is 6.08 Å². The van der Waals surface area contributed by atoms with E-state index in [1.165, 1.54) is 12.8 Å². The molecule has 1 atom stereocenters. The summed E-state index contributed by atoms with van der Waals surface area (Å²) in [6.45, 7) is 11.3. The number of nitrogens with one attached hydrogen (secondary N) is 1. The number of allylic oxidation sites excluding steroid dienone is 4. The highest BCUT2D eigenvalue weighted by molar-refractivity contribution is 5.79. The monoisotopic (exact) mass is 341 g/mol. The Morgan fingerprint density at radius 2 is 2.04 bits per heavy atom. The molecule has 25 heavy (non-hydrogen) atoms. The van der Waals surface area contributed by atoms with E-state index in [9.17, 15) is 4.79 Å². The molecule has 1 aromatic rings. The van der Waals surface area contributed by atoms with Crippen molar-refractivity contribution in [2.75, 3.05) is 6.61 Å². The molecule has 1 aromatic carbocycles. The normalized spacial score (nSPS) is 12.8. The molecule has 3 nitrogen and oxygen atoms in total. The van der Waals surface area contributed by atoms with Gasteiger partial charge in [-0.05, 0) is 42.5 Å². The number of hydrogen-bond acceptors (Lipinski definition) is 2. The number of carbonyl (C=O) groups excluding carboxylic acids is 1. The second-order valence-corrected chi connectivity index (χ2v) is 6.28. The second kappa shape index (κ2) is 12.1. The van der Waals surface area contributed by atoms with Crippen LogP contribution in [0.3, 0.4) is 0 Å². The van der Waals surface area contributed by atoms with Crippen LogP contribution in [0.25, 0.3) is 0 Å². The molecule has 0 radical (unpaired) electrons. The van der Waals surface area contributed by atoms with Gasteiger partial charge in [-0.3, -0.25) is 4.79 Å². The average molecular weight is 341 g/mol. The molecule has 136 valence electrons. The van der Waals surface area contributed by atoms with Crippen LogP contribution in [-0.4, -0.2) is 12.5 Å². The van der Waals surface area contributed by atoms with Crippen molar-refractivity contribution < 1.29 is 9.53 Å². The first-order valence-electron chi connectivity index (χ1n) is 9.01. The molecule has 0 saturated heterocycles. The zero-order chi connectivity index (χ0) is 18.5. The molecule has 1 amide bonds. The number of ether oxygens (including phenoxy) is 1. The molecule has 0 aromatic heterocycles. The average Bonchev–Trinajstić information content (AvgIpc) is 2.60. The maximum atomic E-state index is 12.0. The van der Waals surface area contributed by atoms with E-state index in [1.807, 2.05) is 49.4 Å². The van der Waals surface area contributed by atoms with Gasteiger partial charge in [0.25, 0.3) is 0 Å². The fraction of sp³-hybridized carbons (Fsp3) is 0.409. The number of rotatable bonds is 11. The number of benzene rings is 1. The third kappa shape index (κ3) is 8.94. The SMILES string of the molecule is C=C/C=C(\C=C/C)CC(=O)NCc1ccc(OCC(C)CCC)cc1. The first kappa shape index (κ1) is 20.8. The summed E-state index contributed by atoms with van der Waals surface area (Å²) in [6, 6.07) is 7.91. The van der Waals surface area contributed by atoms with Crippen molar-refractivity contribution in [2.24, 2.45) is 5.92 Å². The van der Waals surface area contributed by atoms with Crippen LogP contribution < -0.4 is 10.1 Å². The Bertz CT molecular complexity index is 585. The zero-order valence-electron chi connectivity index (χ0n) is 15.8. The predicted octanol–water partition coefficient (Wildman–Crippen LogP) is 5.20. The highest BCUT2D eigenvalue weighted by Crippen LogP contribution is 2.15. The fourth-order valence-corrected chi connectivity index (χ4v) is 2.51. The third-order valence-electron chi connectivity index (χ3n) is 3.81. The van der Waals surface area contributed by atoms with Gasteiger partial charge in [0.05, 0.1) is 13.0 Å². The van der Waals surface area contributed by atoms with Gasteiger partial charge in [0, 0.05) is 6.54 Å². The molecule has 3 heteroatoms. The first-order valence-corrected chi connectivity index (χ1v) is 9.01. The number of carbonyl (C=O) groups is 1. The Balaban J connectivity index is 2.43. The molecule has 0 spiro atoms. The Morgan fingerprint density at radius 1 is 1.32 bits per heavy atom. The Labute approximate surface area is 152 Å². The van der Waals surface area contributed by atoms with Gasteiger partial charge in [-0.15, -0.1) is 0 Å². The summed E-state index contributed by atoms with van der Waals surface area (Å²) in [5.41, 5.74) is 2.00. The van der Waals surface area contributed by atoms with Crippen LogP contribution in [0.1, 0.15) is 45.6 Å². The lowest BCUT2D eigenvalue weighted by atomic mass is 10.1. The molecule has 1 N–H and O–H groups in total. The smallest absolute Gasteiger partial charge is 0.224 e. The molecule has 0 fully saturated rings. The summed E-state index contributed by atoms with van der Waals surface area (Å²) in [6.07, 6.45) is 10.1. The summed E-state index contributed by atoms with van der Waals surface area (Å²) in [7, 11) is 0. The standard InChI is InChI=1S/C22H31NO2/c1-5-8-18(4)17-25-21-13-11-20(12-14-21)16-23-22(24)15-19(9-6-2)10-7-3/h6-7,9-14,18H,2,5,8,15-17H2,1,3-4H3,(H,23,24)/b10-7-,19-9+. The second-order valence-electron chi connectivity index (χ2n) is 6.28. The molecular weight excluding hydrogens is 310 g/mol. The lowest BCUT2D eigenvalue weighted by Gasteiger charge is -2.12. The van der Waals surface area contributed by atoms with E-state index < -0.39 is 0 Å². The zero-order valence-corrected chi connectivity index (χ0v) is 15.8. The highest BCUT2D eigenvalue weighted by Gasteiger charge is 2.05. The molecule has 0 bridgehead atoms. The van der Waals surface area contributed by atoms with Crippen molar-refractivity contribution in [1.29, 1.82) is 0 Å². The number of amides is 1. The van der Waals surface area contributed by atoms with E-state index in [0.717, 1.165) is 23.5 Å². The summed E-state index contributed by atoms with van der Waals surface area (Å²) in [5.74, 6) is 1.45. The summed E-state index contributed by atoms with van der Waals surface area (Å²) in [4.78, 5) is 12.0. The summed E-state index contributed by atoms with van der Waals surface area (Å²) < 4.78 is 5.80. The lowest BCUT2D eigenvalue weighted by molar-refractivity contribution is -0.120. The van der Waals surface area contributed by atoms with E-state index in [2.05, 4.69) is 25.7 Å². The highest BCUT2D eigenvalue weighted by atomic mass is 16.5. The fourth-order valence-electron chi connectivity index (χ4n) is 2.51. The van der Waals surface area contributed by atoms with Gasteiger partial charge >= 0.3 is 0 Å². The summed E-state index contributed by atoms with van der Waals surface area (Å²) in [5, 5.41) is 2.94. The maximum Gasteiger partial charge on any atom is 0.224 e. The minimum Gasteiger partial charge on any atom is -0.493 e. The van der Waals surface area contributed by atoms with Crippen LogP contribution in [0.5, 0.6) is 5.75 Å². The van der Waals surface area contributed by atoms with Gasteiger partial charge in [0.15, 0.2) is 0 Å². The van der Waals surface area contributed by atoms with Gasteiger partial charge in [0.1, 0.15) is 5.75 Å². The maximum absolute atomic E-state index is 12.0. The van der Waals surface area contributed by atoms with Gasteiger partial charge in [-0.25, -0.2) is 0 Å². The molecule has 0 heterocycles. The van der Waals surface area contributed by atoms with E-state index in [0.29, 0.717) is 18.9 Å². The molecule has 0 aliphatic rings. The van der Waals surface area contributed by atoms with Crippen molar-refractivity contribution in [3.8, 4) is 5.75 Å². The Kier molecular flexibility index (Phi) is 10.1. The van der Waals surface area contributed by atoms with Gasteiger partial charge in [-0.1, -0.05) is 63.3 Å². The van der Waals surface area contributed by atoms with Gasteiger partial charge in [-0.2, -0.15) is 0 Å². The largest absolute Gasteiger partial charge is 0.493 e. The van der Waals surface area contributed by atoms with Crippen molar-refractivity contribution in [2.45, 2.75) is 46.6 Å². The summed E-state index contributed by atoms with van der Waals surface area (Å²) >= 11 is 0. The molecular formula is C22H31NO2. The molecule has 1 unspecified atom stereocenters. The minimum atomic E-state index is -0.0000769. The topological polar surface area (TPSA) is 38.3 Å². The van der Waals surface area contributed by atoms with Crippen LogP contribution in [0, 0.1) is 5.92 Å². The van der Waals surface area contributed by atoms with Crippen LogP contribution in [-0.2, 0) is 11.3 Å². The lowest BCUT2D eigenvalue weighted by Crippen LogP contribution is -2.22. The molecule has 0 saturated carbocycles. The molecule has 1 rings (SSSR count). The number of hydrogen-bond donors (Lipinski definition) is 1. The third-order valence-corrected chi connectivity index (χ3v) is 3.81. The Hall–Kier alpha value is -2.29.